The normalized spacial score (nSPS) is 18.1. The molecule has 0 aliphatic carbocycles. The summed E-state index contributed by atoms with van der Waals surface area (Å²) < 4.78 is 22.2. The van der Waals surface area contributed by atoms with Gasteiger partial charge in [-0.25, -0.2) is 13.6 Å². The lowest BCUT2D eigenvalue weighted by atomic mass is 10.0. The van der Waals surface area contributed by atoms with Crippen molar-refractivity contribution in [1.29, 1.82) is 0 Å². The molecule has 1 aromatic carbocycles. The SMILES string of the molecule is CC1CCN(N=Nc2ccc(S(N)(=O)=O)cc2)CC1. The molecule has 19 heavy (non-hydrogen) atoms. The Labute approximate surface area is 113 Å². The summed E-state index contributed by atoms with van der Waals surface area (Å²) in [6.07, 6.45) is 2.26. The molecule has 6 nitrogen and oxygen atoms in total. The number of benzene rings is 1. The first kappa shape index (κ1) is 14.0. The number of rotatable bonds is 3. The second-order valence-corrected chi connectivity index (χ2v) is 6.43. The Hall–Kier alpha value is -1.47. The van der Waals surface area contributed by atoms with Crippen LogP contribution in [0.3, 0.4) is 0 Å². The molecule has 104 valence electrons. The summed E-state index contributed by atoms with van der Waals surface area (Å²) in [5, 5.41) is 15.2. The summed E-state index contributed by atoms with van der Waals surface area (Å²) in [7, 11) is -3.64. The van der Waals surface area contributed by atoms with E-state index in [1.165, 1.54) is 12.1 Å². The Bertz CT molecular complexity index is 546. The van der Waals surface area contributed by atoms with E-state index in [0.29, 0.717) is 5.69 Å². The van der Waals surface area contributed by atoms with Gasteiger partial charge in [0.15, 0.2) is 0 Å². The van der Waals surface area contributed by atoms with Gasteiger partial charge in [-0.15, -0.1) is 5.11 Å². The van der Waals surface area contributed by atoms with Crippen LogP contribution in [0.15, 0.2) is 39.5 Å². The Balaban J connectivity index is 2.00. The van der Waals surface area contributed by atoms with Crippen LogP contribution in [-0.4, -0.2) is 26.5 Å². The van der Waals surface area contributed by atoms with E-state index < -0.39 is 10.0 Å². The monoisotopic (exact) mass is 282 g/mol. The van der Waals surface area contributed by atoms with Gasteiger partial charge in [0.2, 0.25) is 10.0 Å². The van der Waals surface area contributed by atoms with E-state index in [9.17, 15) is 8.42 Å². The predicted octanol–water partition coefficient (Wildman–Crippen LogP) is 2.06. The molecule has 0 aromatic heterocycles. The minimum atomic E-state index is -3.64. The van der Waals surface area contributed by atoms with E-state index in [0.717, 1.165) is 31.8 Å². The molecule has 0 spiro atoms. The van der Waals surface area contributed by atoms with Gasteiger partial charge in [-0.1, -0.05) is 12.1 Å². The number of hydrogen-bond acceptors (Lipinski definition) is 4. The van der Waals surface area contributed by atoms with Crippen LogP contribution in [0.5, 0.6) is 0 Å². The molecule has 2 rings (SSSR count). The van der Waals surface area contributed by atoms with Crippen molar-refractivity contribution in [2.75, 3.05) is 13.1 Å². The summed E-state index contributed by atoms with van der Waals surface area (Å²) in [4.78, 5) is 0.0817. The first-order valence-corrected chi connectivity index (χ1v) is 7.79. The highest BCUT2D eigenvalue weighted by Gasteiger charge is 2.13. The van der Waals surface area contributed by atoms with Crippen molar-refractivity contribution in [3.63, 3.8) is 0 Å². The zero-order valence-electron chi connectivity index (χ0n) is 10.9. The van der Waals surface area contributed by atoms with Crippen molar-refractivity contribution in [3.8, 4) is 0 Å². The Kier molecular flexibility index (Phi) is 4.16. The maximum Gasteiger partial charge on any atom is 0.238 e. The lowest BCUT2D eigenvalue weighted by Gasteiger charge is -2.26. The van der Waals surface area contributed by atoms with Gasteiger partial charge in [-0.3, -0.25) is 5.01 Å². The average molecular weight is 282 g/mol. The van der Waals surface area contributed by atoms with Crippen molar-refractivity contribution < 1.29 is 8.42 Å². The maximum atomic E-state index is 11.1. The van der Waals surface area contributed by atoms with Crippen molar-refractivity contribution in [3.05, 3.63) is 24.3 Å². The average Bonchev–Trinajstić information content (AvgIpc) is 2.37. The third-order valence-corrected chi connectivity index (χ3v) is 4.14. The predicted molar refractivity (Wildman–Crippen MR) is 72.3 cm³/mol. The van der Waals surface area contributed by atoms with Crippen LogP contribution >= 0.6 is 0 Å². The highest BCUT2D eigenvalue weighted by Crippen LogP contribution is 2.19. The third-order valence-electron chi connectivity index (χ3n) is 3.21. The van der Waals surface area contributed by atoms with Crippen LogP contribution in [0.4, 0.5) is 5.69 Å². The molecule has 1 heterocycles. The summed E-state index contributed by atoms with van der Waals surface area (Å²) in [6.45, 7) is 4.07. The van der Waals surface area contributed by atoms with Crippen LogP contribution < -0.4 is 5.14 Å². The summed E-state index contributed by atoms with van der Waals surface area (Å²) in [5.41, 5.74) is 0.617. The first-order chi connectivity index (χ1) is 8.95. The number of primary sulfonamides is 1. The Morgan fingerprint density at radius 1 is 1.21 bits per heavy atom. The van der Waals surface area contributed by atoms with E-state index in [1.54, 1.807) is 12.1 Å². The molecule has 0 radical (unpaired) electrons. The molecule has 0 unspecified atom stereocenters. The maximum absolute atomic E-state index is 11.1. The molecule has 1 fully saturated rings. The van der Waals surface area contributed by atoms with Gasteiger partial charge in [0.05, 0.1) is 10.6 Å². The smallest absolute Gasteiger partial charge is 0.238 e. The summed E-state index contributed by atoms with van der Waals surface area (Å²) in [5.74, 6) is 0.750. The molecule has 2 N–H and O–H groups in total. The molecular weight excluding hydrogens is 264 g/mol. The van der Waals surface area contributed by atoms with Gasteiger partial charge < -0.3 is 0 Å². The van der Waals surface area contributed by atoms with Crippen molar-refractivity contribution in [2.45, 2.75) is 24.7 Å². The number of sulfonamides is 1. The van der Waals surface area contributed by atoms with Crippen LogP contribution in [-0.2, 0) is 10.0 Å². The van der Waals surface area contributed by atoms with E-state index in [1.807, 2.05) is 5.01 Å². The van der Waals surface area contributed by atoms with Gasteiger partial charge in [-0.2, -0.15) is 0 Å². The lowest BCUT2D eigenvalue weighted by molar-refractivity contribution is 0.188. The second-order valence-electron chi connectivity index (χ2n) is 4.86. The van der Waals surface area contributed by atoms with Crippen molar-refractivity contribution in [2.24, 2.45) is 21.4 Å². The van der Waals surface area contributed by atoms with Crippen molar-refractivity contribution in [1.82, 2.24) is 5.01 Å². The minimum Gasteiger partial charge on any atom is -0.278 e. The number of nitrogens with two attached hydrogens (primary N) is 1. The molecule has 1 aromatic rings. The molecule has 0 amide bonds. The van der Waals surface area contributed by atoms with Gasteiger partial charge in [-0.05, 0) is 43.0 Å². The minimum absolute atomic E-state index is 0.0817. The molecule has 0 bridgehead atoms. The second kappa shape index (κ2) is 5.66. The largest absolute Gasteiger partial charge is 0.278 e. The molecular formula is C12H18N4O2S. The third kappa shape index (κ3) is 4.00. The summed E-state index contributed by atoms with van der Waals surface area (Å²) >= 11 is 0. The Morgan fingerprint density at radius 3 is 2.32 bits per heavy atom. The topological polar surface area (TPSA) is 88.1 Å². The highest BCUT2D eigenvalue weighted by molar-refractivity contribution is 7.89. The quantitative estimate of drug-likeness (QED) is 0.861. The van der Waals surface area contributed by atoms with Crippen LogP contribution in [0.2, 0.25) is 0 Å². The first-order valence-electron chi connectivity index (χ1n) is 6.24. The molecule has 1 saturated heterocycles. The molecule has 0 saturated carbocycles. The van der Waals surface area contributed by atoms with E-state index >= 15 is 0 Å². The number of piperidine rings is 1. The van der Waals surface area contributed by atoms with Gasteiger partial charge in [0.1, 0.15) is 0 Å². The fourth-order valence-corrected chi connectivity index (χ4v) is 2.42. The zero-order chi connectivity index (χ0) is 13.9. The molecule has 1 aliphatic heterocycles. The number of hydrogen-bond donors (Lipinski definition) is 1. The van der Waals surface area contributed by atoms with E-state index in [4.69, 9.17) is 5.14 Å². The van der Waals surface area contributed by atoms with Gasteiger partial charge >= 0.3 is 0 Å². The standard InChI is InChI=1S/C12H18N4O2S/c1-10-6-8-16(9-7-10)15-14-11-2-4-12(5-3-11)19(13,17)18/h2-5,10H,6-9H2,1H3,(H2,13,17,18). The fourth-order valence-electron chi connectivity index (χ4n) is 1.90. The lowest BCUT2D eigenvalue weighted by Crippen LogP contribution is -2.27. The number of nitrogens with zero attached hydrogens (tertiary/aromatic N) is 3. The molecule has 1 aliphatic rings. The van der Waals surface area contributed by atoms with Crippen molar-refractivity contribution >= 4 is 15.7 Å². The molecule has 0 atom stereocenters. The molecule has 7 heteroatoms. The van der Waals surface area contributed by atoms with Crippen LogP contribution in [0, 0.1) is 5.92 Å². The van der Waals surface area contributed by atoms with E-state index in [-0.39, 0.29) is 4.90 Å². The van der Waals surface area contributed by atoms with E-state index in [2.05, 4.69) is 17.3 Å². The zero-order valence-corrected chi connectivity index (χ0v) is 11.7. The highest BCUT2D eigenvalue weighted by atomic mass is 32.2. The van der Waals surface area contributed by atoms with Crippen LogP contribution in [0.25, 0.3) is 0 Å². The Morgan fingerprint density at radius 2 is 1.79 bits per heavy atom. The van der Waals surface area contributed by atoms with Gasteiger partial charge in [0, 0.05) is 13.1 Å². The van der Waals surface area contributed by atoms with Crippen LogP contribution in [0.1, 0.15) is 19.8 Å². The summed E-state index contributed by atoms with van der Waals surface area (Å²) in [6, 6.07) is 6.05. The fraction of sp³-hybridized carbons (Fsp3) is 0.500. The van der Waals surface area contributed by atoms with Gasteiger partial charge in [0.25, 0.3) is 0 Å².